The van der Waals surface area contributed by atoms with Gasteiger partial charge in [-0.1, -0.05) is 6.07 Å². The van der Waals surface area contributed by atoms with Crippen LogP contribution in [0.3, 0.4) is 0 Å². The fourth-order valence-corrected chi connectivity index (χ4v) is 4.01. The number of H-pyrrole nitrogens is 1. The van der Waals surface area contributed by atoms with E-state index in [4.69, 9.17) is 0 Å². The third-order valence-electron chi connectivity index (χ3n) is 3.03. The lowest BCUT2D eigenvalue weighted by molar-refractivity contribution is 0.588. The molecule has 0 spiro atoms. The molecule has 1 aliphatic heterocycles. The molecule has 2 aromatic rings. The van der Waals surface area contributed by atoms with Gasteiger partial charge in [-0.2, -0.15) is 0 Å². The number of aromatic amines is 1. The quantitative estimate of drug-likeness (QED) is 0.790. The number of aromatic nitrogens is 3. The third kappa shape index (κ3) is 1.57. The van der Waals surface area contributed by atoms with Crippen LogP contribution >= 0.6 is 0 Å². The van der Waals surface area contributed by atoms with Gasteiger partial charge in [0.1, 0.15) is 11.1 Å². The molecule has 0 saturated carbocycles. The van der Waals surface area contributed by atoms with Crippen molar-refractivity contribution >= 4 is 15.5 Å². The molecule has 1 aliphatic rings. The topological polar surface area (TPSA) is 84.3 Å². The maximum Gasteiger partial charge on any atom is 0.271 e. The second-order valence-corrected chi connectivity index (χ2v) is 6.47. The minimum Gasteiger partial charge on any atom is -0.275 e. The van der Waals surface area contributed by atoms with E-state index in [0.29, 0.717) is 24.3 Å². The standard InChI is InChI=1S/C10H11N3O3S/c14-9-5-1-4-8-11-10(12-13(8)9)7-3-2-6-17(7,15)16/h1,4-5,7H,2-3,6H2,(H,11,12). The number of sulfone groups is 1. The van der Waals surface area contributed by atoms with Crippen LogP contribution in [0.5, 0.6) is 0 Å². The summed E-state index contributed by atoms with van der Waals surface area (Å²) >= 11 is 0. The van der Waals surface area contributed by atoms with Gasteiger partial charge >= 0.3 is 0 Å². The van der Waals surface area contributed by atoms with Gasteiger partial charge in [0, 0.05) is 6.07 Å². The summed E-state index contributed by atoms with van der Waals surface area (Å²) in [6.45, 7) is 0. The highest BCUT2D eigenvalue weighted by molar-refractivity contribution is 7.91. The van der Waals surface area contributed by atoms with Crippen molar-refractivity contribution in [3.8, 4) is 0 Å². The summed E-state index contributed by atoms with van der Waals surface area (Å²) in [6, 6.07) is 4.67. The molecule has 0 amide bonds. The number of rotatable bonds is 1. The highest BCUT2D eigenvalue weighted by atomic mass is 32.2. The Morgan fingerprint density at radius 3 is 2.88 bits per heavy atom. The molecule has 3 rings (SSSR count). The van der Waals surface area contributed by atoms with Crippen molar-refractivity contribution in [2.75, 3.05) is 5.75 Å². The molecule has 1 fully saturated rings. The number of hydrogen-bond donors (Lipinski definition) is 1. The van der Waals surface area contributed by atoms with Gasteiger partial charge in [-0.3, -0.25) is 9.89 Å². The zero-order chi connectivity index (χ0) is 12.0. The zero-order valence-electron chi connectivity index (χ0n) is 8.96. The van der Waals surface area contributed by atoms with Crippen LogP contribution in [-0.2, 0) is 9.84 Å². The number of fused-ring (bicyclic) bond motifs is 1. The van der Waals surface area contributed by atoms with Crippen molar-refractivity contribution in [1.29, 1.82) is 0 Å². The van der Waals surface area contributed by atoms with E-state index in [-0.39, 0.29) is 11.3 Å². The average molecular weight is 253 g/mol. The van der Waals surface area contributed by atoms with Crippen molar-refractivity contribution in [3.05, 3.63) is 34.4 Å². The van der Waals surface area contributed by atoms with Crippen LogP contribution in [0.2, 0.25) is 0 Å². The molecule has 17 heavy (non-hydrogen) atoms. The second kappa shape index (κ2) is 3.43. The van der Waals surface area contributed by atoms with E-state index < -0.39 is 15.1 Å². The lowest BCUT2D eigenvalue weighted by Crippen LogP contribution is -2.13. The minimum atomic E-state index is -3.11. The molecule has 7 heteroatoms. The van der Waals surface area contributed by atoms with Crippen molar-refractivity contribution in [3.63, 3.8) is 0 Å². The lowest BCUT2D eigenvalue weighted by Gasteiger charge is -2.03. The predicted octanol–water partition coefficient (Wildman–Crippen LogP) is 0.272. The number of hydrogen-bond acceptors (Lipinski definition) is 4. The third-order valence-corrected chi connectivity index (χ3v) is 5.21. The van der Waals surface area contributed by atoms with Gasteiger partial charge in [0.2, 0.25) is 0 Å². The van der Waals surface area contributed by atoms with E-state index in [0.717, 1.165) is 0 Å². The Kier molecular flexibility index (Phi) is 2.12. The monoisotopic (exact) mass is 253 g/mol. The highest BCUT2D eigenvalue weighted by Crippen LogP contribution is 2.32. The van der Waals surface area contributed by atoms with Crippen LogP contribution < -0.4 is 5.56 Å². The van der Waals surface area contributed by atoms with Crippen molar-refractivity contribution in [2.45, 2.75) is 18.1 Å². The summed E-state index contributed by atoms with van der Waals surface area (Å²) in [5, 5.41) is 2.18. The van der Waals surface area contributed by atoms with Crippen LogP contribution in [0.25, 0.3) is 5.65 Å². The van der Waals surface area contributed by atoms with Gasteiger partial charge in [-0.15, -0.1) is 0 Å². The molecule has 3 heterocycles. The minimum absolute atomic E-state index is 0.198. The molecule has 1 N–H and O–H groups in total. The van der Waals surface area contributed by atoms with Crippen LogP contribution in [0.1, 0.15) is 23.9 Å². The van der Waals surface area contributed by atoms with Gasteiger partial charge in [0.25, 0.3) is 5.56 Å². The maximum atomic E-state index is 11.8. The molecule has 6 nitrogen and oxygen atoms in total. The number of nitrogens with one attached hydrogen (secondary N) is 1. The van der Waals surface area contributed by atoms with E-state index in [9.17, 15) is 13.2 Å². The second-order valence-electron chi connectivity index (χ2n) is 4.16. The van der Waals surface area contributed by atoms with Crippen LogP contribution in [0, 0.1) is 0 Å². The fourth-order valence-electron chi connectivity index (χ4n) is 2.18. The number of nitrogens with zero attached hydrogens (tertiary/aromatic N) is 2. The molecule has 1 saturated heterocycles. The smallest absolute Gasteiger partial charge is 0.271 e. The van der Waals surface area contributed by atoms with E-state index >= 15 is 0 Å². The van der Waals surface area contributed by atoms with E-state index in [1.807, 2.05) is 0 Å². The van der Waals surface area contributed by atoms with Crippen LogP contribution in [0.4, 0.5) is 0 Å². The summed E-state index contributed by atoms with van der Waals surface area (Å²) in [5.74, 6) is 0.565. The molecule has 1 unspecified atom stereocenters. The van der Waals surface area contributed by atoms with Crippen molar-refractivity contribution < 1.29 is 8.42 Å². The predicted molar refractivity (Wildman–Crippen MR) is 61.6 cm³/mol. The molecule has 0 aliphatic carbocycles. The summed E-state index contributed by atoms with van der Waals surface area (Å²) < 4.78 is 24.8. The van der Waals surface area contributed by atoms with Crippen LogP contribution in [-0.4, -0.2) is 28.8 Å². The highest BCUT2D eigenvalue weighted by Gasteiger charge is 2.35. The zero-order valence-corrected chi connectivity index (χ0v) is 9.77. The molecule has 0 bridgehead atoms. The van der Waals surface area contributed by atoms with E-state index in [2.05, 4.69) is 10.1 Å². The first kappa shape index (κ1) is 10.5. The van der Waals surface area contributed by atoms with Gasteiger partial charge in [0.15, 0.2) is 15.5 Å². The first-order valence-corrected chi connectivity index (χ1v) is 7.09. The number of pyridine rings is 1. The Labute approximate surface area is 97.2 Å². The van der Waals surface area contributed by atoms with Crippen LogP contribution in [0.15, 0.2) is 23.0 Å². The normalized spacial score (nSPS) is 23.2. The van der Waals surface area contributed by atoms with E-state index in [1.54, 1.807) is 12.1 Å². The Morgan fingerprint density at radius 2 is 2.24 bits per heavy atom. The molecule has 0 radical (unpaired) electrons. The van der Waals surface area contributed by atoms with Crippen molar-refractivity contribution in [1.82, 2.24) is 14.6 Å². The molecule has 1 atom stereocenters. The lowest BCUT2D eigenvalue weighted by atomic mass is 10.2. The summed E-state index contributed by atoms with van der Waals surface area (Å²) in [7, 11) is -3.11. The Hall–Kier alpha value is -1.63. The van der Waals surface area contributed by atoms with Gasteiger partial charge in [0.05, 0.1) is 5.75 Å². The van der Waals surface area contributed by atoms with Crippen molar-refractivity contribution in [2.24, 2.45) is 0 Å². The maximum absolute atomic E-state index is 11.8. The molecular weight excluding hydrogens is 242 g/mol. The van der Waals surface area contributed by atoms with Gasteiger partial charge in [-0.25, -0.2) is 17.9 Å². The molecule has 90 valence electrons. The summed E-state index contributed by atoms with van der Waals surface area (Å²) in [4.78, 5) is 15.7. The molecule has 0 aromatic carbocycles. The average Bonchev–Trinajstić information content (AvgIpc) is 2.81. The molecular formula is C10H11N3O3S. The fraction of sp³-hybridized carbons (Fsp3) is 0.400. The first-order valence-electron chi connectivity index (χ1n) is 5.37. The summed E-state index contributed by atoms with van der Waals surface area (Å²) in [6.07, 6.45) is 1.22. The van der Waals surface area contributed by atoms with Gasteiger partial charge < -0.3 is 0 Å². The molecule has 2 aromatic heterocycles. The largest absolute Gasteiger partial charge is 0.275 e. The van der Waals surface area contributed by atoms with Gasteiger partial charge in [-0.05, 0) is 18.9 Å². The summed E-state index contributed by atoms with van der Waals surface area (Å²) in [5.41, 5.74) is 0.214. The first-order chi connectivity index (χ1) is 8.08. The Bertz CT molecular complexity index is 729. The Balaban J connectivity index is 2.20. The van der Waals surface area contributed by atoms with E-state index in [1.165, 1.54) is 10.6 Å². The SMILES string of the molecule is O=c1cccc2nc(C3CCCS3(=O)=O)[nH]n12. The Morgan fingerprint density at radius 1 is 1.41 bits per heavy atom.